The Bertz CT molecular complexity index is 1320. The standard InChI is InChI=1S/C27H32N2O6S/c1-4-28(5-2)16-21-12-14-29(21)23-8-6-7-9-24(23)36(32,33)18-20-10-11-22(27(30)31)26(34-3)25(20)19-13-15-35-17-19/h6-11,13,15,17,21H,4-5,12,14,16,18H2,1-3H3,(H,30,31). The van der Waals surface area contributed by atoms with Crippen LogP contribution in [0, 0.1) is 0 Å². The molecule has 0 bridgehead atoms. The number of benzene rings is 2. The maximum Gasteiger partial charge on any atom is 0.339 e. The first kappa shape index (κ1) is 25.8. The smallest absolute Gasteiger partial charge is 0.339 e. The summed E-state index contributed by atoms with van der Waals surface area (Å²) in [5, 5.41) is 9.64. The van der Waals surface area contributed by atoms with Crippen molar-refractivity contribution in [3.8, 4) is 16.9 Å². The van der Waals surface area contributed by atoms with Gasteiger partial charge in [-0.1, -0.05) is 32.0 Å². The molecule has 1 aliphatic rings. The fourth-order valence-electron chi connectivity index (χ4n) is 4.81. The van der Waals surface area contributed by atoms with Gasteiger partial charge in [-0.05, 0) is 49.3 Å². The first-order valence-electron chi connectivity index (χ1n) is 12.1. The number of hydrogen-bond donors (Lipinski definition) is 1. The van der Waals surface area contributed by atoms with Gasteiger partial charge < -0.3 is 24.1 Å². The van der Waals surface area contributed by atoms with Crippen LogP contribution in [0.25, 0.3) is 11.1 Å². The third kappa shape index (κ3) is 4.99. The summed E-state index contributed by atoms with van der Waals surface area (Å²) in [4.78, 5) is 16.6. The molecule has 9 heteroatoms. The molecule has 0 radical (unpaired) electrons. The number of para-hydroxylation sites is 1. The molecule has 3 aromatic rings. The summed E-state index contributed by atoms with van der Waals surface area (Å²) in [6, 6.07) is 12.0. The summed E-state index contributed by atoms with van der Waals surface area (Å²) < 4.78 is 38.3. The topological polar surface area (TPSA) is 100 Å². The van der Waals surface area contributed by atoms with E-state index in [1.54, 1.807) is 24.3 Å². The Labute approximate surface area is 212 Å². The lowest BCUT2D eigenvalue weighted by atomic mass is 9.98. The molecule has 2 heterocycles. The summed E-state index contributed by atoms with van der Waals surface area (Å²) >= 11 is 0. The summed E-state index contributed by atoms with van der Waals surface area (Å²) in [5.74, 6) is -1.37. The molecule has 0 saturated carbocycles. The summed E-state index contributed by atoms with van der Waals surface area (Å²) in [6.07, 6.45) is 3.92. The minimum absolute atomic E-state index is 0.0462. The van der Waals surface area contributed by atoms with Crippen LogP contribution in [0.5, 0.6) is 5.75 Å². The predicted octanol–water partition coefficient (Wildman–Crippen LogP) is 4.55. The number of anilines is 1. The molecule has 1 unspecified atom stereocenters. The highest BCUT2D eigenvalue weighted by Crippen LogP contribution is 2.40. The molecule has 1 aromatic heterocycles. The van der Waals surface area contributed by atoms with Crippen molar-refractivity contribution in [1.82, 2.24) is 4.90 Å². The molecular weight excluding hydrogens is 480 g/mol. The van der Waals surface area contributed by atoms with Gasteiger partial charge in [0.15, 0.2) is 9.84 Å². The quantitative estimate of drug-likeness (QED) is 0.400. The van der Waals surface area contributed by atoms with Crippen LogP contribution >= 0.6 is 0 Å². The van der Waals surface area contributed by atoms with Crippen molar-refractivity contribution in [2.24, 2.45) is 0 Å². The Morgan fingerprint density at radius 2 is 1.92 bits per heavy atom. The molecule has 0 amide bonds. The second-order valence-corrected chi connectivity index (χ2v) is 10.8. The van der Waals surface area contributed by atoms with Gasteiger partial charge in [0.1, 0.15) is 11.3 Å². The van der Waals surface area contributed by atoms with Crippen molar-refractivity contribution >= 4 is 21.5 Å². The molecule has 192 valence electrons. The van der Waals surface area contributed by atoms with Gasteiger partial charge in [-0.2, -0.15) is 0 Å². The molecule has 0 aliphatic carbocycles. The molecule has 1 N–H and O–H groups in total. The molecule has 2 aromatic carbocycles. The number of carboxylic acid groups (broad SMARTS) is 1. The van der Waals surface area contributed by atoms with E-state index in [1.165, 1.54) is 25.7 Å². The van der Waals surface area contributed by atoms with Crippen molar-refractivity contribution in [3.63, 3.8) is 0 Å². The highest BCUT2D eigenvalue weighted by molar-refractivity contribution is 7.90. The lowest BCUT2D eigenvalue weighted by molar-refractivity contribution is 0.0693. The van der Waals surface area contributed by atoms with Crippen LogP contribution in [-0.4, -0.2) is 63.7 Å². The average Bonchev–Trinajstić information content (AvgIpc) is 3.38. The number of nitrogens with zero attached hydrogens (tertiary/aromatic N) is 2. The Morgan fingerprint density at radius 3 is 2.50 bits per heavy atom. The van der Waals surface area contributed by atoms with Gasteiger partial charge in [0.2, 0.25) is 0 Å². The monoisotopic (exact) mass is 512 g/mol. The lowest BCUT2D eigenvalue weighted by Gasteiger charge is -2.45. The lowest BCUT2D eigenvalue weighted by Crippen LogP contribution is -2.54. The first-order valence-corrected chi connectivity index (χ1v) is 13.7. The minimum atomic E-state index is -3.79. The zero-order chi connectivity index (χ0) is 25.9. The van der Waals surface area contributed by atoms with Gasteiger partial charge in [-0.15, -0.1) is 0 Å². The highest BCUT2D eigenvalue weighted by atomic mass is 32.2. The van der Waals surface area contributed by atoms with Crippen molar-refractivity contribution < 1.29 is 27.5 Å². The maximum absolute atomic E-state index is 13.8. The van der Waals surface area contributed by atoms with E-state index in [2.05, 4.69) is 23.6 Å². The summed E-state index contributed by atoms with van der Waals surface area (Å²) in [5.41, 5.74) is 2.05. The number of hydrogen-bond acceptors (Lipinski definition) is 7. The van der Waals surface area contributed by atoms with Crippen LogP contribution in [0.2, 0.25) is 0 Å². The van der Waals surface area contributed by atoms with E-state index in [-0.39, 0.29) is 28.0 Å². The molecule has 36 heavy (non-hydrogen) atoms. The Morgan fingerprint density at radius 1 is 1.17 bits per heavy atom. The van der Waals surface area contributed by atoms with Crippen molar-refractivity contribution in [1.29, 1.82) is 0 Å². The van der Waals surface area contributed by atoms with Gasteiger partial charge >= 0.3 is 5.97 Å². The molecule has 0 spiro atoms. The zero-order valence-electron chi connectivity index (χ0n) is 20.8. The normalized spacial score (nSPS) is 15.7. The summed E-state index contributed by atoms with van der Waals surface area (Å²) in [6.45, 7) is 7.86. The fourth-order valence-corrected chi connectivity index (χ4v) is 6.41. The van der Waals surface area contributed by atoms with Crippen LogP contribution in [0.1, 0.15) is 36.2 Å². The van der Waals surface area contributed by atoms with Crippen LogP contribution < -0.4 is 9.64 Å². The Kier molecular flexibility index (Phi) is 7.70. The SMILES string of the molecule is CCN(CC)CC1CCN1c1ccccc1S(=O)(=O)Cc1ccc(C(=O)O)c(OC)c1-c1ccoc1. The number of sulfone groups is 1. The van der Waals surface area contributed by atoms with Crippen LogP contribution in [0.3, 0.4) is 0 Å². The van der Waals surface area contributed by atoms with E-state index in [4.69, 9.17) is 9.15 Å². The minimum Gasteiger partial charge on any atom is -0.495 e. The van der Waals surface area contributed by atoms with E-state index in [9.17, 15) is 18.3 Å². The van der Waals surface area contributed by atoms with Crippen LogP contribution in [0.15, 0.2) is 64.3 Å². The molecule has 8 nitrogen and oxygen atoms in total. The van der Waals surface area contributed by atoms with Gasteiger partial charge in [0, 0.05) is 30.3 Å². The molecular formula is C27H32N2O6S. The van der Waals surface area contributed by atoms with E-state index in [0.29, 0.717) is 22.4 Å². The molecule has 1 aliphatic heterocycles. The number of ether oxygens (including phenoxy) is 1. The largest absolute Gasteiger partial charge is 0.495 e. The summed E-state index contributed by atoms with van der Waals surface area (Å²) in [7, 11) is -2.41. The van der Waals surface area contributed by atoms with Crippen molar-refractivity contribution in [2.75, 3.05) is 38.2 Å². The van der Waals surface area contributed by atoms with Gasteiger partial charge in [-0.3, -0.25) is 0 Å². The van der Waals surface area contributed by atoms with Gasteiger partial charge in [-0.25, -0.2) is 13.2 Å². The highest BCUT2D eigenvalue weighted by Gasteiger charge is 2.33. The van der Waals surface area contributed by atoms with E-state index in [1.807, 2.05) is 12.1 Å². The van der Waals surface area contributed by atoms with Crippen molar-refractivity contribution in [2.45, 2.75) is 37.0 Å². The maximum atomic E-state index is 13.8. The van der Waals surface area contributed by atoms with E-state index in [0.717, 1.165) is 32.6 Å². The van der Waals surface area contributed by atoms with E-state index < -0.39 is 15.8 Å². The zero-order valence-corrected chi connectivity index (χ0v) is 21.6. The van der Waals surface area contributed by atoms with Crippen LogP contribution in [-0.2, 0) is 15.6 Å². The molecule has 1 saturated heterocycles. The fraction of sp³-hybridized carbons (Fsp3) is 0.370. The third-order valence-corrected chi connectivity index (χ3v) is 8.56. The number of rotatable bonds is 11. The molecule has 1 fully saturated rings. The predicted molar refractivity (Wildman–Crippen MR) is 139 cm³/mol. The van der Waals surface area contributed by atoms with Gasteiger partial charge in [0.25, 0.3) is 0 Å². The van der Waals surface area contributed by atoms with E-state index >= 15 is 0 Å². The number of methoxy groups -OCH3 is 1. The third-order valence-electron chi connectivity index (χ3n) is 6.85. The molecule has 4 rings (SSSR count). The van der Waals surface area contributed by atoms with Crippen LogP contribution in [0.4, 0.5) is 5.69 Å². The van der Waals surface area contributed by atoms with Gasteiger partial charge in [0.05, 0.1) is 36.0 Å². The Hall–Kier alpha value is -3.30. The first-order chi connectivity index (χ1) is 17.3. The Balaban J connectivity index is 1.73. The number of likely N-dealkylation sites (N-methyl/N-ethyl adjacent to an activating group) is 1. The second kappa shape index (κ2) is 10.8. The number of aromatic carboxylic acids is 1. The average molecular weight is 513 g/mol. The number of carbonyl (C=O) groups is 1. The number of carboxylic acids is 1. The van der Waals surface area contributed by atoms with Crippen molar-refractivity contribution in [3.05, 3.63) is 66.1 Å². The number of furan rings is 1. The molecule has 1 atom stereocenters. The second-order valence-electron chi connectivity index (χ2n) is 8.85.